The van der Waals surface area contributed by atoms with E-state index in [9.17, 15) is 4.79 Å². The Hall–Kier alpha value is -0.190. The van der Waals surface area contributed by atoms with E-state index in [4.69, 9.17) is 9.47 Å². The minimum Gasteiger partial charge on any atom is -0.349 e. The lowest BCUT2D eigenvalue weighted by Crippen LogP contribution is -2.37. The van der Waals surface area contributed by atoms with E-state index in [-0.39, 0.29) is 5.78 Å². The van der Waals surface area contributed by atoms with Crippen molar-refractivity contribution in [3.63, 3.8) is 0 Å². The van der Waals surface area contributed by atoms with E-state index < -0.39 is 5.79 Å². The number of carbonyl (C=O) groups excluding carboxylic acids is 1. The summed E-state index contributed by atoms with van der Waals surface area (Å²) in [5, 5.41) is 0. The van der Waals surface area contributed by atoms with Crippen LogP contribution in [0, 0.1) is 0 Å². The zero-order chi connectivity index (χ0) is 9.19. The van der Waals surface area contributed by atoms with Crippen LogP contribution in [0.15, 0.2) is 10.6 Å². The first-order valence-corrected chi connectivity index (χ1v) is 4.45. The monoisotopic (exact) mass is 234 g/mol. The number of ether oxygens (including phenoxy) is 2. The van der Waals surface area contributed by atoms with E-state index >= 15 is 0 Å². The van der Waals surface area contributed by atoms with Gasteiger partial charge < -0.3 is 9.47 Å². The molecule has 0 saturated heterocycles. The molecule has 0 heterocycles. The Bertz CT molecular complexity index is 218. The van der Waals surface area contributed by atoms with Crippen LogP contribution in [0.5, 0.6) is 0 Å². The van der Waals surface area contributed by atoms with E-state index in [1.54, 1.807) is 14.2 Å². The van der Waals surface area contributed by atoms with Gasteiger partial charge in [-0.1, -0.05) is 0 Å². The van der Waals surface area contributed by atoms with Gasteiger partial charge in [-0.2, -0.15) is 0 Å². The van der Waals surface area contributed by atoms with Gasteiger partial charge in [-0.05, 0) is 22.0 Å². The first kappa shape index (κ1) is 9.89. The highest BCUT2D eigenvalue weighted by molar-refractivity contribution is 9.11. The molecular formula is C8H11BrO3. The molecule has 0 atom stereocenters. The zero-order valence-corrected chi connectivity index (χ0v) is 8.68. The van der Waals surface area contributed by atoms with Gasteiger partial charge in [-0.25, -0.2) is 0 Å². The number of rotatable bonds is 2. The molecule has 0 fully saturated rings. The number of hydrogen-bond acceptors (Lipinski definition) is 3. The van der Waals surface area contributed by atoms with Crippen molar-refractivity contribution in [1.82, 2.24) is 0 Å². The Morgan fingerprint density at radius 3 is 2.50 bits per heavy atom. The predicted octanol–water partition coefficient (Wildman–Crippen LogP) is 1.62. The zero-order valence-electron chi connectivity index (χ0n) is 7.09. The van der Waals surface area contributed by atoms with Crippen molar-refractivity contribution >= 4 is 21.7 Å². The highest BCUT2D eigenvalue weighted by Crippen LogP contribution is 2.35. The topological polar surface area (TPSA) is 35.5 Å². The molecule has 68 valence electrons. The summed E-state index contributed by atoms with van der Waals surface area (Å²) >= 11 is 3.26. The van der Waals surface area contributed by atoms with E-state index in [1.165, 1.54) is 6.08 Å². The number of ketones is 1. The first-order valence-electron chi connectivity index (χ1n) is 3.65. The van der Waals surface area contributed by atoms with Crippen molar-refractivity contribution in [3.05, 3.63) is 10.6 Å². The van der Waals surface area contributed by atoms with Crippen LogP contribution in [0.4, 0.5) is 0 Å². The minimum absolute atomic E-state index is 0.103. The molecule has 0 amide bonds. The van der Waals surface area contributed by atoms with Gasteiger partial charge in [0.05, 0.1) is 4.48 Å². The maximum absolute atomic E-state index is 11.0. The highest BCUT2D eigenvalue weighted by atomic mass is 79.9. The predicted molar refractivity (Wildman–Crippen MR) is 48.0 cm³/mol. The van der Waals surface area contributed by atoms with Crippen molar-refractivity contribution in [3.8, 4) is 0 Å². The van der Waals surface area contributed by atoms with Crippen molar-refractivity contribution < 1.29 is 14.3 Å². The fourth-order valence-electron chi connectivity index (χ4n) is 1.21. The largest absolute Gasteiger partial charge is 0.349 e. The standard InChI is InChI=1S/C8H11BrO3/c1-11-8(12-2)4-3-6(10)5-7(8)9/h5H,3-4H2,1-2H3. The molecule has 0 bridgehead atoms. The summed E-state index contributed by atoms with van der Waals surface area (Å²) in [6.07, 6.45) is 2.54. The fraction of sp³-hybridized carbons (Fsp3) is 0.625. The van der Waals surface area contributed by atoms with Crippen LogP contribution in [0.25, 0.3) is 0 Å². The molecule has 0 aromatic carbocycles. The molecule has 3 nitrogen and oxygen atoms in total. The van der Waals surface area contributed by atoms with Crippen LogP contribution in [0.2, 0.25) is 0 Å². The second-order valence-corrected chi connectivity index (χ2v) is 3.47. The Morgan fingerprint density at radius 1 is 1.50 bits per heavy atom. The summed E-state index contributed by atoms with van der Waals surface area (Å²) in [7, 11) is 3.13. The lowest BCUT2D eigenvalue weighted by Gasteiger charge is -2.32. The third kappa shape index (κ3) is 1.60. The molecule has 0 aromatic rings. The van der Waals surface area contributed by atoms with Crippen molar-refractivity contribution in [2.75, 3.05) is 14.2 Å². The first-order chi connectivity index (χ1) is 5.64. The Morgan fingerprint density at radius 2 is 2.08 bits per heavy atom. The van der Waals surface area contributed by atoms with Crippen LogP contribution < -0.4 is 0 Å². The SMILES string of the molecule is COC1(OC)CCC(=O)C=C1Br. The number of halogens is 1. The third-order valence-electron chi connectivity index (χ3n) is 2.01. The molecule has 0 radical (unpaired) electrons. The number of carbonyl (C=O) groups is 1. The summed E-state index contributed by atoms with van der Waals surface area (Å²) in [5.74, 6) is -0.639. The Labute approximate surface area is 79.9 Å². The van der Waals surface area contributed by atoms with Gasteiger partial charge in [0, 0.05) is 27.1 Å². The van der Waals surface area contributed by atoms with Crippen molar-refractivity contribution in [2.45, 2.75) is 18.6 Å². The quantitative estimate of drug-likeness (QED) is 0.682. The normalized spacial score (nSPS) is 22.2. The van der Waals surface area contributed by atoms with Gasteiger partial charge in [0.15, 0.2) is 5.78 Å². The van der Waals surface area contributed by atoms with Gasteiger partial charge in [0.1, 0.15) is 0 Å². The Balaban J connectivity index is 2.92. The molecule has 12 heavy (non-hydrogen) atoms. The van der Waals surface area contributed by atoms with Gasteiger partial charge in [-0.3, -0.25) is 4.79 Å². The Kier molecular flexibility index (Phi) is 3.04. The van der Waals surface area contributed by atoms with E-state index in [2.05, 4.69) is 15.9 Å². The lowest BCUT2D eigenvalue weighted by atomic mass is 10.0. The molecule has 1 aliphatic carbocycles. The van der Waals surface area contributed by atoms with Crippen LogP contribution in [-0.4, -0.2) is 25.8 Å². The van der Waals surface area contributed by atoms with Gasteiger partial charge >= 0.3 is 0 Å². The molecule has 0 N–H and O–H groups in total. The number of hydrogen-bond donors (Lipinski definition) is 0. The summed E-state index contributed by atoms with van der Waals surface area (Å²) in [5.41, 5.74) is 0. The van der Waals surface area contributed by atoms with Crippen LogP contribution in [-0.2, 0) is 14.3 Å². The summed E-state index contributed by atoms with van der Waals surface area (Å²) in [6.45, 7) is 0. The van der Waals surface area contributed by atoms with E-state index in [0.29, 0.717) is 17.3 Å². The van der Waals surface area contributed by atoms with Crippen molar-refractivity contribution in [2.24, 2.45) is 0 Å². The van der Waals surface area contributed by atoms with E-state index in [1.807, 2.05) is 0 Å². The van der Waals surface area contributed by atoms with Gasteiger partial charge in [0.25, 0.3) is 0 Å². The third-order valence-corrected chi connectivity index (χ3v) is 2.84. The van der Waals surface area contributed by atoms with Crippen LogP contribution in [0.3, 0.4) is 0 Å². The van der Waals surface area contributed by atoms with Crippen LogP contribution in [0.1, 0.15) is 12.8 Å². The number of methoxy groups -OCH3 is 2. The second kappa shape index (κ2) is 3.68. The minimum atomic E-state index is -0.742. The van der Waals surface area contributed by atoms with E-state index in [0.717, 1.165) is 0 Å². The molecule has 4 heteroatoms. The number of allylic oxidation sites excluding steroid dienone is 1. The molecule has 1 rings (SSSR count). The summed E-state index contributed by atoms with van der Waals surface area (Å²) in [6, 6.07) is 0. The molecule has 0 aromatic heterocycles. The maximum Gasteiger partial charge on any atom is 0.201 e. The molecule has 0 unspecified atom stereocenters. The van der Waals surface area contributed by atoms with Crippen molar-refractivity contribution in [1.29, 1.82) is 0 Å². The smallest absolute Gasteiger partial charge is 0.201 e. The average Bonchev–Trinajstić information content (AvgIpc) is 2.06. The molecule has 0 saturated carbocycles. The maximum atomic E-state index is 11.0. The lowest BCUT2D eigenvalue weighted by molar-refractivity contribution is -0.180. The molecular weight excluding hydrogens is 224 g/mol. The van der Waals surface area contributed by atoms with Gasteiger partial charge in [0.2, 0.25) is 5.79 Å². The average molecular weight is 235 g/mol. The molecule has 1 aliphatic rings. The highest BCUT2D eigenvalue weighted by Gasteiger charge is 2.36. The fourth-order valence-corrected chi connectivity index (χ4v) is 1.99. The molecule has 0 spiro atoms. The summed E-state index contributed by atoms with van der Waals surface area (Å²) < 4.78 is 11.1. The summed E-state index contributed by atoms with van der Waals surface area (Å²) in [4.78, 5) is 11.0. The van der Waals surface area contributed by atoms with Gasteiger partial charge in [-0.15, -0.1) is 0 Å². The van der Waals surface area contributed by atoms with Crippen LogP contribution >= 0.6 is 15.9 Å². The molecule has 0 aliphatic heterocycles. The second-order valence-electron chi connectivity index (χ2n) is 2.62.